The van der Waals surface area contributed by atoms with Crippen LogP contribution in [0.4, 0.5) is 0 Å². The third-order valence-corrected chi connectivity index (χ3v) is 6.20. The minimum atomic E-state index is 0.308. The van der Waals surface area contributed by atoms with Gasteiger partial charge in [-0.25, -0.2) is 0 Å². The molecule has 0 bridgehead atoms. The number of likely N-dealkylation sites (tertiary alicyclic amines) is 1. The van der Waals surface area contributed by atoms with Crippen molar-refractivity contribution in [3.05, 3.63) is 47.4 Å². The molecule has 0 radical (unpaired) electrons. The van der Waals surface area contributed by atoms with Crippen molar-refractivity contribution in [3.8, 4) is 5.75 Å². The molecule has 1 N–H and O–H groups in total. The third-order valence-electron chi connectivity index (χ3n) is 6.20. The first-order chi connectivity index (χ1) is 13.3. The predicted molar refractivity (Wildman–Crippen MR) is 107 cm³/mol. The second-order valence-corrected chi connectivity index (χ2v) is 7.99. The highest BCUT2D eigenvalue weighted by atomic mass is 16.5. The monoisotopic (exact) mass is 364 g/mol. The van der Waals surface area contributed by atoms with Crippen LogP contribution in [-0.2, 0) is 26.4 Å². The molecule has 3 heterocycles. The average molecular weight is 364 g/mol. The van der Waals surface area contributed by atoms with Crippen LogP contribution in [-0.4, -0.2) is 38.9 Å². The Morgan fingerprint density at radius 3 is 2.89 bits per heavy atom. The Morgan fingerprint density at radius 1 is 1.15 bits per heavy atom. The minimum absolute atomic E-state index is 0.308. The molecule has 0 atom stereocenters. The number of hydrogen-bond acceptors (Lipinski definition) is 3. The van der Waals surface area contributed by atoms with E-state index in [2.05, 4.69) is 45.9 Å². The molecular formula is C22H28N4O. The van der Waals surface area contributed by atoms with E-state index in [9.17, 15) is 0 Å². The fourth-order valence-electron chi connectivity index (χ4n) is 4.68. The maximum absolute atomic E-state index is 6.36. The molecule has 1 saturated heterocycles. The summed E-state index contributed by atoms with van der Waals surface area (Å²) in [5, 5.41) is 5.96. The SMILES string of the molecule is Cn1nc2c(c1CN1CCC(Oc3cccc4[nH]ccc34)CC1)CCCC2. The summed E-state index contributed by atoms with van der Waals surface area (Å²) in [7, 11) is 2.11. The Kier molecular flexibility index (Phi) is 4.40. The van der Waals surface area contributed by atoms with Gasteiger partial charge in [0.2, 0.25) is 0 Å². The van der Waals surface area contributed by atoms with Crippen molar-refractivity contribution < 1.29 is 4.74 Å². The lowest BCUT2D eigenvalue weighted by Gasteiger charge is -2.32. The molecular weight excluding hydrogens is 336 g/mol. The lowest BCUT2D eigenvalue weighted by molar-refractivity contribution is 0.0965. The molecule has 142 valence electrons. The number of nitrogens with zero attached hydrogens (tertiary/aromatic N) is 3. The number of rotatable bonds is 4. The van der Waals surface area contributed by atoms with Gasteiger partial charge >= 0.3 is 0 Å². The molecule has 5 rings (SSSR count). The van der Waals surface area contributed by atoms with Gasteiger partial charge in [-0.05, 0) is 62.3 Å². The third kappa shape index (κ3) is 3.25. The quantitative estimate of drug-likeness (QED) is 0.765. The van der Waals surface area contributed by atoms with E-state index in [1.54, 1.807) is 0 Å². The molecule has 1 aliphatic heterocycles. The van der Waals surface area contributed by atoms with Crippen LogP contribution in [0.3, 0.4) is 0 Å². The highest BCUT2D eigenvalue weighted by Crippen LogP contribution is 2.29. The standard InChI is InChI=1S/C22H28N4O/c1-25-21(17-5-2-3-6-20(17)24-25)15-26-13-10-16(11-14-26)27-22-8-4-7-19-18(22)9-12-23-19/h4,7-9,12,16,23H,2-3,5-6,10-11,13-15H2,1H3. The number of aryl methyl sites for hydroxylation is 2. The largest absolute Gasteiger partial charge is 0.490 e. The number of piperidine rings is 1. The van der Waals surface area contributed by atoms with E-state index in [0.29, 0.717) is 6.10 Å². The molecule has 27 heavy (non-hydrogen) atoms. The molecule has 1 aliphatic carbocycles. The smallest absolute Gasteiger partial charge is 0.129 e. The van der Waals surface area contributed by atoms with Gasteiger partial charge in [-0.3, -0.25) is 9.58 Å². The van der Waals surface area contributed by atoms with Crippen LogP contribution in [0.5, 0.6) is 5.75 Å². The molecule has 0 spiro atoms. The van der Waals surface area contributed by atoms with Crippen LogP contribution in [0.15, 0.2) is 30.5 Å². The van der Waals surface area contributed by atoms with E-state index in [1.807, 2.05) is 6.20 Å². The fraction of sp³-hybridized carbons (Fsp3) is 0.500. The van der Waals surface area contributed by atoms with Gasteiger partial charge in [-0.15, -0.1) is 0 Å². The summed E-state index contributed by atoms with van der Waals surface area (Å²) in [4.78, 5) is 5.83. The fourth-order valence-corrected chi connectivity index (χ4v) is 4.68. The zero-order chi connectivity index (χ0) is 18.2. The predicted octanol–water partition coefficient (Wildman–Crippen LogP) is 3.82. The van der Waals surface area contributed by atoms with Crippen molar-refractivity contribution in [1.82, 2.24) is 19.7 Å². The van der Waals surface area contributed by atoms with Crippen molar-refractivity contribution >= 4 is 10.9 Å². The molecule has 1 aromatic carbocycles. The van der Waals surface area contributed by atoms with Gasteiger partial charge in [-0.1, -0.05) is 6.07 Å². The van der Waals surface area contributed by atoms with Crippen molar-refractivity contribution in [2.24, 2.45) is 7.05 Å². The Hall–Kier alpha value is -2.27. The van der Waals surface area contributed by atoms with Gasteiger partial charge in [0.15, 0.2) is 0 Å². The van der Waals surface area contributed by atoms with Crippen LogP contribution in [0.2, 0.25) is 0 Å². The van der Waals surface area contributed by atoms with Crippen molar-refractivity contribution in [2.75, 3.05) is 13.1 Å². The molecule has 1 fully saturated rings. The summed E-state index contributed by atoms with van der Waals surface area (Å²) in [6.45, 7) is 3.21. The average Bonchev–Trinajstić information content (AvgIpc) is 3.29. The summed E-state index contributed by atoms with van der Waals surface area (Å²) in [6, 6.07) is 8.35. The lowest BCUT2D eigenvalue weighted by atomic mass is 9.95. The highest BCUT2D eigenvalue weighted by molar-refractivity contribution is 5.85. The second-order valence-electron chi connectivity index (χ2n) is 7.99. The number of nitrogens with one attached hydrogen (secondary N) is 1. The number of aromatic nitrogens is 3. The van der Waals surface area contributed by atoms with E-state index in [1.165, 1.54) is 41.6 Å². The van der Waals surface area contributed by atoms with E-state index in [4.69, 9.17) is 9.84 Å². The molecule has 5 nitrogen and oxygen atoms in total. The van der Waals surface area contributed by atoms with Gasteiger partial charge in [0.1, 0.15) is 11.9 Å². The zero-order valence-electron chi connectivity index (χ0n) is 16.1. The summed E-state index contributed by atoms with van der Waals surface area (Å²) in [6.07, 6.45) is 9.42. The lowest BCUT2D eigenvalue weighted by Crippen LogP contribution is -2.38. The number of benzene rings is 1. The van der Waals surface area contributed by atoms with Crippen molar-refractivity contribution in [3.63, 3.8) is 0 Å². The molecule has 0 saturated carbocycles. The minimum Gasteiger partial charge on any atom is -0.490 e. The van der Waals surface area contributed by atoms with E-state index in [0.717, 1.165) is 50.2 Å². The van der Waals surface area contributed by atoms with Crippen LogP contribution in [0.1, 0.15) is 42.6 Å². The first-order valence-corrected chi connectivity index (χ1v) is 10.3. The van der Waals surface area contributed by atoms with Crippen LogP contribution in [0, 0.1) is 0 Å². The topological polar surface area (TPSA) is 46.1 Å². The Balaban J connectivity index is 1.22. The van der Waals surface area contributed by atoms with E-state index >= 15 is 0 Å². The van der Waals surface area contributed by atoms with Crippen LogP contribution < -0.4 is 4.74 Å². The maximum Gasteiger partial charge on any atom is 0.129 e. The van der Waals surface area contributed by atoms with Gasteiger partial charge in [0, 0.05) is 43.8 Å². The number of ether oxygens (including phenoxy) is 1. The zero-order valence-corrected chi connectivity index (χ0v) is 16.1. The summed E-state index contributed by atoms with van der Waals surface area (Å²) in [5.74, 6) is 1.01. The summed E-state index contributed by atoms with van der Waals surface area (Å²) in [5.41, 5.74) is 5.45. The summed E-state index contributed by atoms with van der Waals surface area (Å²) >= 11 is 0. The van der Waals surface area contributed by atoms with Gasteiger partial charge in [0.05, 0.1) is 11.4 Å². The highest BCUT2D eigenvalue weighted by Gasteiger charge is 2.25. The Bertz CT molecular complexity index is 933. The first kappa shape index (κ1) is 16.9. The van der Waals surface area contributed by atoms with Gasteiger partial charge in [-0.2, -0.15) is 5.10 Å². The number of hydrogen-bond donors (Lipinski definition) is 1. The number of aromatic amines is 1. The Morgan fingerprint density at radius 2 is 2.00 bits per heavy atom. The van der Waals surface area contributed by atoms with Crippen molar-refractivity contribution in [1.29, 1.82) is 0 Å². The van der Waals surface area contributed by atoms with Crippen molar-refractivity contribution in [2.45, 2.75) is 51.2 Å². The van der Waals surface area contributed by atoms with Gasteiger partial charge in [0.25, 0.3) is 0 Å². The summed E-state index contributed by atoms with van der Waals surface area (Å²) < 4.78 is 8.49. The molecule has 2 aliphatic rings. The number of fused-ring (bicyclic) bond motifs is 2. The number of H-pyrrole nitrogens is 1. The van der Waals surface area contributed by atoms with E-state index < -0.39 is 0 Å². The Labute approximate surface area is 160 Å². The maximum atomic E-state index is 6.36. The van der Waals surface area contributed by atoms with Crippen LogP contribution in [0.25, 0.3) is 10.9 Å². The molecule has 0 unspecified atom stereocenters. The van der Waals surface area contributed by atoms with E-state index in [-0.39, 0.29) is 0 Å². The molecule has 2 aromatic heterocycles. The molecule has 5 heteroatoms. The molecule has 0 amide bonds. The second kappa shape index (κ2) is 7.04. The van der Waals surface area contributed by atoms with Crippen LogP contribution >= 0.6 is 0 Å². The molecule has 3 aromatic rings. The van der Waals surface area contributed by atoms with Gasteiger partial charge < -0.3 is 9.72 Å². The first-order valence-electron chi connectivity index (χ1n) is 10.3. The normalized spacial score (nSPS) is 18.7.